The molecule has 5 nitrogen and oxygen atoms in total. The Morgan fingerprint density at radius 2 is 2.00 bits per heavy atom. The van der Waals surface area contributed by atoms with Gasteiger partial charge in [0, 0.05) is 6.20 Å². The van der Waals surface area contributed by atoms with E-state index in [2.05, 4.69) is 10.1 Å². The Balaban J connectivity index is 0.00000180. The van der Waals surface area contributed by atoms with Crippen molar-refractivity contribution in [3.63, 3.8) is 0 Å². The van der Waals surface area contributed by atoms with Gasteiger partial charge in [-0.1, -0.05) is 6.07 Å². The molecule has 2 rings (SSSR count). The molecule has 0 radical (unpaired) electrons. The molecule has 0 aliphatic rings. The monoisotopic (exact) mass is 293 g/mol. The molecule has 0 atom stereocenters. The summed E-state index contributed by atoms with van der Waals surface area (Å²) >= 11 is 0. The van der Waals surface area contributed by atoms with E-state index in [9.17, 15) is 18.0 Å². The third-order valence-electron chi connectivity index (χ3n) is 2.13. The molecule has 0 saturated carbocycles. The fourth-order valence-electron chi connectivity index (χ4n) is 1.43. The van der Waals surface area contributed by atoms with E-state index in [1.807, 2.05) is 0 Å². The lowest BCUT2D eigenvalue weighted by Crippen LogP contribution is -2.17. The van der Waals surface area contributed by atoms with Crippen molar-refractivity contribution >= 4 is 18.4 Å². The second kappa shape index (κ2) is 5.27. The van der Waals surface area contributed by atoms with Crippen molar-refractivity contribution in [2.24, 2.45) is 0 Å². The molecule has 0 unspecified atom stereocenters. The molecule has 0 aromatic carbocycles. The minimum atomic E-state index is -4.83. The van der Waals surface area contributed by atoms with Gasteiger partial charge in [0.1, 0.15) is 5.56 Å². The molecule has 0 amide bonds. The highest BCUT2D eigenvalue weighted by Crippen LogP contribution is 2.33. The highest BCUT2D eigenvalue weighted by Gasteiger charge is 2.40. The van der Waals surface area contributed by atoms with Crippen molar-refractivity contribution in [1.29, 1.82) is 0 Å². The SMILES string of the molecule is Cl.O=C(O)c1cnn(-c2ccccn2)c1C(F)(F)F. The van der Waals surface area contributed by atoms with Crippen LogP contribution in [0.15, 0.2) is 30.6 Å². The van der Waals surface area contributed by atoms with Gasteiger partial charge in [0.15, 0.2) is 11.5 Å². The molecule has 102 valence electrons. The summed E-state index contributed by atoms with van der Waals surface area (Å²) in [6, 6.07) is 4.30. The highest BCUT2D eigenvalue weighted by atomic mass is 35.5. The minimum absolute atomic E-state index is 0. The molecule has 0 aliphatic heterocycles. The van der Waals surface area contributed by atoms with Gasteiger partial charge in [0.25, 0.3) is 0 Å². The van der Waals surface area contributed by atoms with Gasteiger partial charge >= 0.3 is 12.1 Å². The largest absolute Gasteiger partial charge is 0.478 e. The Labute approximate surface area is 111 Å². The summed E-state index contributed by atoms with van der Waals surface area (Å²) in [5.74, 6) is -1.79. The normalized spacial score (nSPS) is 10.9. The fourth-order valence-corrected chi connectivity index (χ4v) is 1.43. The summed E-state index contributed by atoms with van der Waals surface area (Å²) in [7, 11) is 0. The lowest BCUT2D eigenvalue weighted by atomic mass is 10.2. The molecule has 2 heterocycles. The Hall–Kier alpha value is -2.09. The van der Waals surface area contributed by atoms with Crippen LogP contribution in [0.25, 0.3) is 5.82 Å². The molecule has 0 saturated heterocycles. The quantitative estimate of drug-likeness (QED) is 0.923. The number of pyridine rings is 1. The number of halogens is 4. The zero-order valence-electron chi connectivity index (χ0n) is 9.13. The number of carboxylic acid groups (broad SMARTS) is 1. The second-order valence-corrected chi connectivity index (χ2v) is 3.31. The number of carboxylic acids is 1. The van der Waals surface area contributed by atoms with Crippen molar-refractivity contribution in [3.8, 4) is 5.82 Å². The standard InChI is InChI=1S/C10H6F3N3O2.ClH/c11-10(12,13)8-6(9(17)18)5-15-16(8)7-3-1-2-4-14-7;/h1-5H,(H,17,18);1H. The summed E-state index contributed by atoms with van der Waals surface area (Å²) in [5.41, 5.74) is -2.26. The predicted octanol–water partition coefficient (Wildman–Crippen LogP) is 2.41. The lowest BCUT2D eigenvalue weighted by molar-refractivity contribution is -0.143. The van der Waals surface area contributed by atoms with Crippen LogP contribution in [-0.2, 0) is 6.18 Å². The first-order valence-electron chi connectivity index (χ1n) is 4.71. The third kappa shape index (κ3) is 2.84. The van der Waals surface area contributed by atoms with Crippen LogP contribution in [0.4, 0.5) is 13.2 Å². The van der Waals surface area contributed by atoms with Crippen LogP contribution in [0.5, 0.6) is 0 Å². The van der Waals surface area contributed by atoms with E-state index >= 15 is 0 Å². The average Bonchev–Trinajstić information content (AvgIpc) is 2.74. The molecule has 0 fully saturated rings. The van der Waals surface area contributed by atoms with Gasteiger partial charge in [-0.2, -0.15) is 18.3 Å². The van der Waals surface area contributed by atoms with Crippen LogP contribution in [0, 0.1) is 0 Å². The van der Waals surface area contributed by atoms with E-state index in [-0.39, 0.29) is 18.2 Å². The molecule has 0 spiro atoms. The molecular formula is C10H7ClF3N3O2. The van der Waals surface area contributed by atoms with E-state index in [1.54, 1.807) is 0 Å². The first-order valence-corrected chi connectivity index (χ1v) is 4.71. The van der Waals surface area contributed by atoms with Gasteiger partial charge in [-0.15, -0.1) is 12.4 Å². The third-order valence-corrected chi connectivity index (χ3v) is 2.13. The van der Waals surface area contributed by atoms with E-state index in [4.69, 9.17) is 5.11 Å². The van der Waals surface area contributed by atoms with Gasteiger partial charge < -0.3 is 5.11 Å². The molecule has 0 bridgehead atoms. The van der Waals surface area contributed by atoms with Crippen molar-refractivity contribution < 1.29 is 23.1 Å². The average molecular weight is 294 g/mol. The highest BCUT2D eigenvalue weighted by molar-refractivity contribution is 5.89. The Kier molecular flexibility index (Phi) is 4.15. The van der Waals surface area contributed by atoms with Crippen LogP contribution in [0.1, 0.15) is 16.1 Å². The number of hydrogen-bond donors (Lipinski definition) is 1. The Morgan fingerprint density at radius 3 is 2.47 bits per heavy atom. The maximum absolute atomic E-state index is 12.8. The van der Waals surface area contributed by atoms with Crippen LogP contribution < -0.4 is 0 Å². The fraction of sp³-hybridized carbons (Fsp3) is 0.100. The van der Waals surface area contributed by atoms with Gasteiger partial charge in [-0.25, -0.2) is 14.5 Å². The number of alkyl halides is 3. The van der Waals surface area contributed by atoms with E-state index in [0.717, 1.165) is 0 Å². The second-order valence-electron chi connectivity index (χ2n) is 3.31. The number of hydrogen-bond acceptors (Lipinski definition) is 3. The minimum Gasteiger partial charge on any atom is -0.478 e. The first-order chi connectivity index (χ1) is 8.41. The number of rotatable bonds is 2. The van der Waals surface area contributed by atoms with Crippen LogP contribution in [0.3, 0.4) is 0 Å². The number of aromatic nitrogens is 3. The molecular weight excluding hydrogens is 287 g/mol. The van der Waals surface area contributed by atoms with Gasteiger partial charge in [0.05, 0.1) is 6.20 Å². The zero-order chi connectivity index (χ0) is 13.3. The van der Waals surface area contributed by atoms with E-state index in [1.165, 1.54) is 24.4 Å². The smallest absolute Gasteiger partial charge is 0.434 e. The summed E-state index contributed by atoms with van der Waals surface area (Å²) < 4.78 is 39.0. The molecule has 19 heavy (non-hydrogen) atoms. The molecule has 2 aromatic rings. The van der Waals surface area contributed by atoms with E-state index < -0.39 is 23.4 Å². The van der Waals surface area contributed by atoms with Crippen molar-refractivity contribution in [3.05, 3.63) is 41.9 Å². The Morgan fingerprint density at radius 1 is 1.32 bits per heavy atom. The van der Waals surface area contributed by atoms with Crippen molar-refractivity contribution in [2.75, 3.05) is 0 Å². The first kappa shape index (κ1) is 15.0. The van der Waals surface area contributed by atoms with Crippen LogP contribution in [0.2, 0.25) is 0 Å². The lowest BCUT2D eigenvalue weighted by Gasteiger charge is -2.10. The van der Waals surface area contributed by atoms with Crippen molar-refractivity contribution in [2.45, 2.75) is 6.18 Å². The summed E-state index contributed by atoms with van der Waals surface area (Å²) in [4.78, 5) is 14.4. The summed E-state index contributed by atoms with van der Waals surface area (Å²) in [6.45, 7) is 0. The molecule has 9 heteroatoms. The van der Waals surface area contributed by atoms with Crippen molar-refractivity contribution in [1.82, 2.24) is 14.8 Å². The summed E-state index contributed by atoms with van der Waals surface area (Å²) in [6.07, 6.45) is -2.89. The molecule has 2 aromatic heterocycles. The topological polar surface area (TPSA) is 68.0 Å². The molecule has 0 aliphatic carbocycles. The van der Waals surface area contributed by atoms with Crippen LogP contribution in [-0.4, -0.2) is 25.8 Å². The van der Waals surface area contributed by atoms with Gasteiger partial charge in [0.2, 0.25) is 0 Å². The predicted molar refractivity (Wildman–Crippen MR) is 60.6 cm³/mol. The Bertz CT molecular complexity index is 583. The number of nitrogens with zero attached hydrogens (tertiary/aromatic N) is 3. The summed E-state index contributed by atoms with van der Waals surface area (Å²) in [5, 5.41) is 12.1. The maximum atomic E-state index is 12.8. The van der Waals surface area contributed by atoms with Gasteiger partial charge in [-0.3, -0.25) is 0 Å². The van der Waals surface area contributed by atoms with Gasteiger partial charge in [-0.05, 0) is 12.1 Å². The van der Waals surface area contributed by atoms with Crippen LogP contribution >= 0.6 is 12.4 Å². The number of aromatic carboxylic acids is 1. The molecule has 1 N–H and O–H groups in total. The zero-order valence-corrected chi connectivity index (χ0v) is 9.94. The number of carbonyl (C=O) groups is 1. The van der Waals surface area contributed by atoms with E-state index in [0.29, 0.717) is 10.9 Å². The maximum Gasteiger partial charge on any atom is 0.434 e.